The van der Waals surface area contributed by atoms with E-state index >= 15 is 0 Å². The topological polar surface area (TPSA) is 66.5 Å². The average molecular weight is 503 g/mol. The van der Waals surface area contributed by atoms with Crippen molar-refractivity contribution in [3.8, 4) is 0 Å². The maximum absolute atomic E-state index is 13.4. The predicted molar refractivity (Wildman–Crippen MR) is 137 cm³/mol. The summed E-state index contributed by atoms with van der Waals surface area (Å²) in [6.45, 7) is 2.05. The van der Waals surface area contributed by atoms with Crippen molar-refractivity contribution in [3.63, 3.8) is 0 Å². The predicted octanol–water partition coefficient (Wildman–Crippen LogP) is 5.31. The second-order valence-electron chi connectivity index (χ2n) is 7.57. The number of halogens is 1. The van der Waals surface area contributed by atoms with E-state index in [4.69, 9.17) is 11.6 Å². The van der Waals surface area contributed by atoms with E-state index in [0.29, 0.717) is 23.7 Å². The summed E-state index contributed by atoms with van der Waals surface area (Å²) in [6.07, 6.45) is 3.35. The fourth-order valence-electron chi connectivity index (χ4n) is 3.30. The van der Waals surface area contributed by atoms with Gasteiger partial charge in [-0.1, -0.05) is 47.5 Å². The second-order valence-corrected chi connectivity index (χ2v) is 10.7. The summed E-state index contributed by atoms with van der Waals surface area (Å²) in [7, 11) is -3.92. The maximum Gasteiger partial charge on any atom is 0.264 e. The van der Waals surface area contributed by atoms with Crippen LogP contribution in [0.3, 0.4) is 0 Å². The third-order valence-corrected chi connectivity index (χ3v) is 8.06. The Bertz CT molecular complexity index is 1180. The number of amides is 1. The number of aryl methyl sites for hydroxylation is 2. The Morgan fingerprint density at radius 2 is 1.67 bits per heavy atom. The number of benzene rings is 3. The van der Waals surface area contributed by atoms with Crippen molar-refractivity contribution < 1.29 is 13.2 Å². The molecule has 8 heteroatoms. The summed E-state index contributed by atoms with van der Waals surface area (Å²) >= 11 is 7.71. The first kappa shape index (κ1) is 25.1. The van der Waals surface area contributed by atoms with Gasteiger partial charge in [-0.2, -0.15) is 0 Å². The molecule has 0 aromatic heterocycles. The van der Waals surface area contributed by atoms with Crippen molar-refractivity contribution in [2.45, 2.75) is 29.6 Å². The van der Waals surface area contributed by atoms with Gasteiger partial charge in [0.05, 0.1) is 10.6 Å². The van der Waals surface area contributed by atoms with Gasteiger partial charge in [-0.3, -0.25) is 9.10 Å². The summed E-state index contributed by atoms with van der Waals surface area (Å²) in [5.74, 6) is -0.362. The fraction of sp³-hybridized carbons (Fsp3) is 0.240. The molecule has 0 aliphatic heterocycles. The highest BCUT2D eigenvalue weighted by atomic mass is 35.5. The van der Waals surface area contributed by atoms with Crippen LogP contribution in [0.15, 0.2) is 82.6 Å². The Kier molecular flexibility index (Phi) is 8.83. The lowest BCUT2D eigenvalue weighted by Crippen LogP contribution is -2.41. The van der Waals surface area contributed by atoms with E-state index in [0.717, 1.165) is 26.7 Å². The minimum atomic E-state index is -3.92. The number of hydrogen-bond donors (Lipinski definition) is 1. The quantitative estimate of drug-likeness (QED) is 0.301. The van der Waals surface area contributed by atoms with E-state index in [2.05, 4.69) is 5.32 Å². The molecule has 1 N–H and O–H groups in total. The van der Waals surface area contributed by atoms with Gasteiger partial charge in [0.1, 0.15) is 6.54 Å². The Hall–Kier alpha value is -2.48. The second kappa shape index (κ2) is 11.6. The summed E-state index contributed by atoms with van der Waals surface area (Å²) in [6, 6.07) is 21.4. The van der Waals surface area contributed by atoms with Crippen molar-refractivity contribution in [1.82, 2.24) is 5.32 Å². The molecule has 0 saturated carbocycles. The van der Waals surface area contributed by atoms with Gasteiger partial charge < -0.3 is 5.32 Å². The summed E-state index contributed by atoms with van der Waals surface area (Å²) < 4.78 is 28.0. The standard InChI is InChI=1S/C25H27ClN2O3S2/c1-19-9-11-21(12-10-19)28(33(30,31)23-15-13-22(32-2)14-16-23)18-25(29)27-17-5-7-20-6-3-4-8-24(20)26/h3-4,6,8-16H,5,7,17-18H2,1-2H3,(H,27,29). The molecule has 174 valence electrons. The number of rotatable bonds is 10. The van der Waals surface area contributed by atoms with Crippen molar-refractivity contribution in [3.05, 3.63) is 88.9 Å². The van der Waals surface area contributed by atoms with Crippen LogP contribution in [0.1, 0.15) is 17.5 Å². The van der Waals surface area contributed by atoms with Gasteiger partial charge in [-0.15, -0.1) is 11.8 Å². The summed E-state index contributed by atoms with van der Waals surface area (Å²) in [4.78, 5) is 13.8. The third-order valence-electron chi connectivity index (χ3n) is 5.16. The molecule has 3 aromatic carbocycles. The first-order valence-electron chi connectivity index (χ1n) is 10.5. The van der Waals surface area contributed by atoms with Crippen LogP contribution in [0.25, 0.3) is 0 Å². The van der Waals surface area contributed by atoms with Crippen LogP contribution in [-0.2, 0) is 21.2 Å². The summed E-state index contributed by atoms with van der Waals surface area (Å²) in [5, 5.41) is 3.54. The third kappa shape index (κ3) is 6.76. The molecule has 0 heterocycles. The minimum Gasteiger partial charge on any atom is -0.355 e. The largest absolute Gasteiger partial charge is 0.355 e. The molecule has 5 nitrogen and oxygen atoms in total. The van der Waals surface area contributed by atoms with E-state index in [1.54, 1.807) is 36.4 Å². The highest BCUT2D eigenvalue weighted by molar-refractivity contribution is 7.98. The number of carbonyl (C=O) groups excluding carboxylic acids is 1. The van der Waals surface area contributed by atoms with Crippen LogP contribution in [0.4, 0.5) is 5.69 Å². The van der Waals surface area contributed by atoms with Gasteiger partial charge in [-0.25, -0.2) is 8.42 Å². The van der Waals surface area contributed by atoms with E-state index in [-0.39, 0.29) is 17.3 Å². The van der Waals surface area contributed by atoms with Crippen molar-refractivity contribution in [1.29, 1.82) is 0 Å². The molecule has 0 aliphatic rings. The van der Waals surface area contributed by atoms with Gasteiger partial charge in [0.15, 0.2) is 0 Å². The fourth-order valence-corrected chi connectivity index (χ4v) is 5.35. The molecule has 3 rings (SSSR count). The number of hydrogen-bond acceptors (Lipinski definition) is 4. The Balaban J connectivity index is 1.72. The van der Waals surface area contributed by atoms with Gasteiger partial charge >= 0.3 is 0 Å². The highest BCUT2D eigenvalue weighted by Crippen LogP contribution is 2.25. The Morgan fingerprint density at radius 1 is 1.00 bits per heavy atom. The molecule has 0 fully saturated rings. The zero-order chi connectivity index (χ0) is 23.8. The molecule has 1 amide bonds. The molecule has 0 aliphatic carbocycles. The normalized spacial score (nSPS) is 11.2. The summed E-state index contributed by atoms with van der Waals surface area (Å²) in [5.41, 5.74) is 2.47. The van der Waals surface area contributed by atoms with Crippen molar-refractivity contribution in [2.75, 3.05) is 23.7 Å². The number of thioether (sulfide) groups is 1. The smallest absolute Gasteiger partial charge is 0.264 e. The molecule has 0 saturated heterocycles. The number of sulfonamides is 1. The van der Waals surface area contributed by atoms with E-state index < -0.39 is 10.0 Å². The Morgan fingerprint density at radius 3 is 2.30 bits per heavy atom. The Labute approximate surface area is 205 Å². The number of nitrogens with zero attached hydrogens (tertiary/aromatic N) is 1. The number of carbonyl (C=O) groups is 1. The molecule has 3 aromatic rings. The lowest BCUT2D eigenvalue weighted by molar-refractivity contribution is -0.119. The van der Waals surface area contributed by atoms with Gasteiger partial charge in [-0.05, 0) is 74.0 Å². The van der Waals surface area contributed by atoms with Crippen LogP contribution in [-0.4, -0.2) is 33.7 Å². The molecular weight excluding hydrogens is 476 g/mol. The van der Waals surface area contributed by atoms with Crippen LogP contribution in [0.5, 0.6) is 0 Å². The first-order chi connectivity index (χ1) is 15.8. The van der Waals surface area contributed by atoms with E-state index in [1.807, 2.05) is 49.6 Å². The molecule has 0 spiro atoms. The monoisotopic (exact) mass is 502 g/mol. The maximum atomic E-state index is 13.4. The lowest BCUT2D eigenvalue weighted by Gasteiger charge is -2.24. The SMILES string of the molecule is CSc1ccc(S(=O)(=O)N(CC(=O)NCCCc2ccccc2Cl)c2ccc(C)cc2)cc1. The van der Waals surface area contributed by atoms with Gasteiger partial charge in [0.25, 0.3) is 10.0 Å². The zero-order valence-electron chi connectivity index (χ0n) is 18.6. The van der Waals surface area contributed by atoms with Crippen LogP contribution in [0, 0.1) is 6.92 Å². The molecule has 0 radical (unpaired) electrons. The van der Waals surface area contributed by atoms with Gasteiger partial charge in [0.2, 0.25) is 5.91 Å². The molecule has 0 bridgehead atoms. The highest BCUT2D eigenvalue weighted by Gasteiger charge is 2.27. The van der Waals surface area contributed by atoms with Crippen LogP contribution < -0.4 is 9.62 Å². The molecule has 0 unspecified atom stereocenters. The van der Waals surface area contributed by atoms with Crippen LogP contribution >= 0.6 is 23.4 Å². The lowest BCUT2D eigenvalue weighted by atomic mass is 10.1. The molecular formula is C25H27ClN2O3S2. The van der Waals surface area contributed by atoms with E-state index in [9.17, 15) is 13.2 Å². The van der Waals surface area contributed by atoms with Crippen molar-refractivity contribution in [2.24, 2.45) is 0 Å². The first-order valence-corrected chi connectivity index (χ1v) is 13.6. The van der Waals surface area contributed by atoms with Crippen molar-refractivity contribution >= 4 is 45.0 Å². The average Bonchev–Trinajstić information content (AvgIpc) is 2.82. The van der Waals surface area contributed by atoms with E-state index in [1.165, 1.54) is 11.8 Å². The minimum absolute atomic E-state index is 0.146. The zero-order valence-corrected chi connectivity index (χ0v) is 21.0. The number of anilines is 1. The van der Waals surface area contributed by atoms with Crippen LogP contribution in [0.2, 0.25) is 5.02 Å². The van der Waals surface area contributed by atoms with Gasteiger partial charge in [0, 0.05) is 16.5 Å². The molecule has 0 atom stereocenters. The number of nitrogens with one attached hydrogen (secondary N) is 1. The molecule has 33 heavy (non-hydrogen) atoms.